The van der Waals surface area contributed by atoms with Gasteiger partial charge in [0, 0.05) is 30.3 Å². The molecule has 0 aromatic heterocycles. The highest BCUT2D eigenvalue weighted by molar-refractivity contribution is 5.96. The standard InChI is InChI=1S/C17H25N3O3/c1-12-6-5-9-19(11-12)14-8-7-13(10-15(14)20(22)23)16(21)18-17(2,3)4/h7-8,10,12H,5-6,9,11H2,1-4H3,(H,18,21)/t12-/m0/s1. The summed E-state index contributed by atoms with van der Waals surface area (Å²) in [5.74, 6) is 0.228. The highest BCUT2D eigenvalue weighted by atomic mass is 16.6. The lowest BCUT2D eigenvalue weighted by atomic mass is 9.99. The van der Waals surface area contributed by atoms with Crippen molar-refractivity contribution in [2.75, 3.05) is 18.0 Å². The molecule has 1 aliphatic heterocycles. The molecule has 1 amide bonds. The Labute approximate surface area is 137 Å². The van der Waals surface area contributed by atoms with Crippen LogP contribution in [0.25, 0.3) is 0 Å². The maximum absolute atomic E-state index is 12.2. The van der Waals surface area contributed by atoms with E-state index in [1.807, 2.05) is 20.8 Å². The van der Waals surface area contributed by atoms with E-state index in [9.17, 15) is 14.9 Å². The normalized spacial score (nSPS) is 18.6. The third-order valence-corrected chi connectivity index (χ3v) is 3.92. The molecule has 1 fully saturated rings. The maximum atomic E-state index is 12.2. The molecule has 0 saturated carbocycles. The number of carbonyl (C=O) groups excluding carboxylic acids is 1. The van der Waals surface area contributed by atoms with Crippen molar-refractivity contribution >= 4 is 17.3 Å². The second-order valence-corrected chi connectivity index (χ2v) is 7.36. The second-order valence-electron chi connectivity index (χ2n) is 7.36. The van der Waals surface area contributed by atoms with Crippen molar-refractivity contribution in [1.29, 1.82) is 0 Å². The number of hydrogen-bond donors (Lipinski definition) is 1. The first-order chi connectivity index (χ1) is 10.7. The first-order valence-electron chi connectivity index (χ1n) is 8.03. The molecule has 0 bridgehead atoms. The number of piperidine rings is 1. The molecule has 1 aromatic carbocycles. The SMILES string of the molecule is C[C@H]1CCCN(c2ccc(C(=O)NC(C)(C)C)cc2[N+](=O)[O-])C1. The van der Waals surface area contributed by atoms with Gasteiger partial charge in [0.25, 0.3) is 11.6 Å². The van der Waals surface area contributed by atoms with Gasteiger partial charge in [-0.2, -0.15) is 0 Å². The van der Waals surface area contributed by atoms with Crippen molar-refractivity contribution in [3.63, 3.8) is 0 Å². The van der Waals surface area contributed by atoms with Gasteiger partial charge in [-0.3, -0.25) is 14.9 Å². The van der Waals surface area contributed by atoms with Gasteiger partial charge in [0.1, 0.15) is 5.69 Å². The smallest absolute Gasteiger partial charge is 0.293 e. The molecule has 0 aliphatic carbocycles. The van der Waals surface area contributed by atoms with Crippen LogP contribution in [0.4, 0.5) is 11.4 Å². The minimum absolute atomic E-state index is 0.000610. The molecule has 1 saturated heterocycles. The number of nitro groups is 1. The summed E-state index contributed by atoms with van der Waals surface area (Å²) in [6.45, 7) is 9.42. The van der Waals surface area contributed by atoms with Crippen molar-refractivity contribution in [3.05, 3.63) is 33.9 Å². The number of hydrogen-bond acceptors (Lipinski definition) is 4. The zero-order chi connectivity index (χ0) is 17.2. The first kappa shape index (κ1) is 17.2. The molecular formula is C17H25N3O3. The summed E-state index contributed by atoms with van der Waals surface area (Å²) in [7, 11) is 0. The van der Waals surface area contributed by atoms with E-state index in [-0.39, 0.29) is 17.1 Å². The summed E-state index contributed by atoms with van der Waals surface area (Å²) in [5, 5.41) is 14.3. The molecule has 1 aliphatic rings. The van der Waals surface area contributed by atoms with Crippen LogP contribution in [-0.4, -0.2) is 29.5 Å². The molecule has 0 radical (unpaired) electrons. The highest BCUT2D eigenvalue weighted by Crippen LogP contribution is 2.32. The topological polar surface area (TPSA) is 75.5 Å². The number of rotatable bonds is 3. The number of anilines is 1. The number of carbonyl (C=O) groups is 1. The van der Waals surface area contributed by atoms with Crippen LogP contribution in [0.1, 0.15) is 50.9 Å². The number of nitro benzene ring substituents is 1. The van der Waals surface area contributed by atoms with Crippen molar-refractivity contribution in [1.82, 2.24) is 5.32 Å². The largest absolute Gasteiger partial charge is 0.366 e. The lowest BCUT2D eigenvalue weighted by Crippen LogP contribution is -2.40. The Balaban J connectivity index is 2.31. The molecule has 6 nitrogen and oxygen atoms in total. The van der Waals surface area contributed by atoms with E-state index in [0.717, 1.165) is 25.9 Å². The van der Waals surface area contributed by atoms with Crippen LogP contribution >= 0.6 is 0 Å². The third-order valence-electron chi connectivity index (χ3n) is 3.92. The highest BCUT2D eigenvalue weighted by Gasteiger charge is 2.25. The Kier molecular flexibility index (Phi) is 4.92. The Morgan fingerprint density at radius 1 is 1.39 bits per heavy atom. The maximum Gasteiger partial charge on any atom is 0.293 e. The fourth-order valence-corrected chi connectivity index (χ4v) is 2.90. The van der Waals surface area contributed by atoms with Gasteiger partial charge in [0.15, 0.2) is 0 Å². The number of nitrogens with zero attached hydrogens (tertiary/aromatic N) is 2. The summed E-state index contributed by atoms with van der Waals surface area (Å²) in [6.07, 6.45) is 2.18. The van der Waals surface area contributed by atoms with Gasteiger partial charge in [-0.05, 0) is 51.7 Å². The monoisotopic (exact) mass is 319 g/mol. The van der Waals surface area contributed by atoms with Gasteiger partial charge in [0.05, 0.1) is 4.92 Å². The van der Waals surface area contributed by atoms with E-state index >= 15 is 0 Å². The summed E-state index contributed by atoms with van der Waals surface area (Å²) in [4.78, 5) is 25.3. The molecule has 1 heterocycles. The predicted molar refractivity (Wildman–Crippen MR) is 90.9 cm³/mol. The van der Waals surface area contributed by atoms with Crippen LogP contribution in [0, 0.1) is 16.0 Å². The van der Waals surface area contributed by atoms with Crippen LogP contribution in [0.2, 0.25) is 0 Å². The van der Waals surface area contributed by atoms with E-state index in [1.165, 1.54) is 6.07 Å². The summed E-state index contributed by atoms with van der Waals surface area (Å²) in [6, 6.07) is 4.76. The van der Waals surface area contributed by atoms with Gasteiger partial charge >= 0.3 is 0 Å². The molecule has 0 unspecified atom stereocenters. The molecular weight excluding hydrogens is 294 g/mol. The van der Waals surface area contributed by atoms with Crippen molar-refractivity contribution in [2.24, 2.45) is 5.92 Å². The Hall–Kier alpha value is -2.11. The van der Waals surface area contributed by atoms with Crippen molar-refractivity contribution in [2.45, 2.75) is 46.1 Å². The summed E-state index contributed by atoms with van der Waals surface area (Å²) >= 11 is 0. The van der Waals surface area contributed by atoms with Crippen LogP contribution in [-0.2, 0) is 0 Å². The van der Waals surface area contributed by atoms with Crippen LogP contribution in [0.3, 0.4) is 0 Å². The molecule has 23 heavy (non-hydrogen) atoms. The lowest BCUT2D eigenvalue weighted by molar-refractivity contribution is -0.384. The molecule has 0 spiro atoms. The van der Waals surface area contributed by atoms with Gasteiger partial charge in [-0.15, -0.1) is 0 Å². The van der Waals surface area contributed by atoms with E-state index in [4.69, 9.17) is 0 Å². The van der Waals surface area contributed by atoms with E-state index in [2.05, 4.69) is 17.1 Å². The fraction of sp³-hybridized carbons (Fsp3) is 0.588. The predicted octanol–water partition coefficient (Wildman–Crippen LogP) is 3.36. The summed E-state index contributed by atoms with van der Waals surface area (Å²) in [5.41, 5.74) is 0.544. The first-order valence-corrected chi connectivity index (χ1v) is 8.03. The third kappa shape index (κ3) is 4.43. The second kappa shape index (κ2) is 6.56. The van der Waals surface area contributed by atoms with Gasteiger partial charge in [-0.1, -0.05) is 6.92 Å². The zero-order valence-corrected chi connectivity index (χ0v) is 14.3. The zero-order valence-electron chi connectivity index (χ0n) is 14.3. The van der Waals surface area contributed by atoms with E-state index in [0.29, 0.717) is 17.2 Å². The summed E-state index contributed by atoms with van der Waals surface area (Å²) < 4.78 is 0. The van der Waals surface area contributed by atoms with Crippen LogP contribution in [0.5, 0.6) is 0 Å². The van der Waals surface area contributed by atoms with Crippen LogP contribution < -0.4 is 10.2 Å². The molecule has 2 rings (SSSR count). The Morgan fingerprint density at radius 2 is 2.09 bits per heavy atom. The van der Waals surface area contributed by atoms with Crippen LogP contribution in [0.15, 0.2) is 18.2 Å². The molecule has 1 atom stereocenters. The Bertz CT molecular complexity index is 608. The molecule has 1 aromatic rings. The fourth-order valence-electron chi connectivity index (χ4n) is 2.90. The number of amides is 1. The molecule has 126 valence electrons. The average molecular weight is 319 g/mol. The Morgan fingerprint density at radius 3 is 2.65 bits per heavy atom. The average Bonchev–Trinajstić information content (AvgIpc) is 2.44. The minimum atomic E-state index is -0.400. The van der Waals surface area contributed by atoms with E-state index in [1.54, 1.807) is 12.1 Å². The number of benzene rings is 1. The molecule has 1 N–H and O–H groups in total. The lowest BCUT2D eigenvalue weighted by Gasteiger charge is -2.32. The van der Waals surface area contributed by atoms with Gasteiger partial charge in [-0.25, -0.2) is 0 Å². The van der Waals surface area contributed by atoms with E-state index < -0.39 is 4.92 Å². The number of nitrogens with one attached hydrogen (secondary N) is 1. The minimum Gasteiger partial charge on any atom is -0.366 e. The van der Waals surface area contributed by atoms with Gasteiger partial charge < -0.3 is 10.2 Å². The van der Waals surface area contributed by atoms with Gasteiger partial charge in [0.2, 0.25) is 0 Å². The molecule has 6 heteroatoms. The van der Waals surface area contributed by atoms with Crippen molar-refractivity contribution in [3.8, 4) is 0 Å². The van der Waals surface area contributed by atoms with Crippen molar-refractivity contribution < 1.29 is 9.72 Å². The quantitative estimate of drug-likeness (QED) is 0.684.